The van der Waals surface area contributed by atoms with Crippen LogP contribution in [0.15, 0.2) is 72.8 Å². The molecule has 4 aliphatic heterocycles. The predicted octanol–water partition coefficient (Wildman–Crippen LogP) is 3.92. The maximum atomic E-state index is 15.0. The quantitative estimate of drug-likeness (QED) is 0.230. The molecule has 7 rings (SSSR count). The minimum absolute atomic E-state index is 0.00515. The summed E-state index contributed by atoms with van der Waals surface area (Å²) in [5.74, 6) is -0.956. The van der Waals surface area contributed by atoms with Crippen molar-refractivity contribution in [3.63, 3.8) is 0 Å². The molecule has 0 bridgehead atoms. The molecule has 0 aromatic heterocycles. The first-order chi connectivity index (χ1) is 23.9. The van der Waals surface area contributed by atoms with Crippen LogP contribution in [0.3, 0.4) is 0 Å². The van der Waals surface area contributed by atoms with E-state index in [0.29, 0.717) is 49.4 Å². The van der Waals surface area contributed by atoms with Gasteiger partial charge in [-0.05, 0) is 54.6 Å². The normalized spacial score (nSPS) is 24.5. The van der Waals surface area contributed by atoms with E-state index in [1.54, 1.807) is 19.6 Å². The van der Waals surface area contributed by atoms with Crippen LogP contribution in [0.25, 0.3) is 0 Å². The standard InChI is InChI=1S/C38H44N4O7Si/c1-25-36(50(2,3)48)32(22-35(46)39(18-19-43)23-26-8-5-4-6-9-26)49-38(25)30-21-29(41-17-15-34(41)45)12-13-31(30)42(37(38)47)24-27-10-7-11-28(20-27)40-16-14-33(40)44/h4-13,20-21,25,32,36,43,48H,14-19,22-24H2,1-3H3/t25-,32+,36-,38+/m0/s1. The molecule has 4 atom stereocenters. The van der Waals surface area contributed by atoms with E-state index in [1.807, 2.05) is 92.8 Å². The topological polar surface area (TPSA) is 131 Å². The monoisotopic (exact) mass is 696 g/mol. The van der Waals surface area contributed by atoms with Crippen LogP contribution in [0.5, 0.6) is 0 Å². The van der Waals surface area contributed by atoms with Crippen molar-refractivity contribution in [3.05, 3.63) is 89.5 Å². The highest BCUT2D eigenvalue weighted by Crippen LogP contribution is 2.60. The number of carbonyl (C=O) groups excluding carboxylic acids is 4. The fraction of sp³-hybridized carbons (Fsp3) is 0.421. The van der Waals surface area contributed by atoms with E-state index in [0.717, 1.165) is 16.8 Å². The Kier molecular flexibility index (Phi) is 8.92. The number of hydrogen-bond acceptors (Lipinski definition) is 7. The molecule has 3 aromatic carbocycles. The van der Waals surface area contributed by atoms with Crippen LogP contribution in [0.4, 0.5) is 17.1 Å². The lowest BCUT2D eigenvalue weighted by atomic mass is 9.82. The first-order valence-corrected chi connectivity index (χ1v) is 20.4. The van der Waals surface area contributed by atoms with Gasteiger partial charge in [0.25, 0.3) is 5.91 Å². The van der Waals surface area contributed by atoms with Crippen molar-refractivity contribution in [1.82, 2.24) is 4.90 Å². The van der Waals surface area contributed by atoms with E-state index in [4.69, 9.17) is 4.74 Å². The summed E-state index contributed by atoms with van der Waals surface area (Å²) in [4.78, 5) is 72.2. The fourth-order valence-corrected chi connectivity index (χ4v) is 10.8. The maximum absolute atomic E-state index is 15.0. The lowest BCUT2D eigenvalue weighted by Gasteiger charge is -2.34. The van der Waals surface area contributed by atoms with E-state index in [1.165, 1.54) is 0 Å². The van der Waals surface area contributed by atoms with Gasteiger partial charge in [0.1, 0.15) is 0 Å². The summed E-state index contributed by atoms with van der Waals surface area (Å²) in [7, 11) is -3.07. The summed E-state index contributed by atoms with van der Waals surface area (Å²) in [5, 5.41) is 9.85. The van der Waals surface area contributed by atoms with Gasteiger partial charge in [-0.15, -0.1) is 0 Å². The summed E-state index contributed by atoms with van der Waals surface area (Å²) >= 11 is 0. The predicted molar refractivity (Wildman–Crippen MR) is 191 cm³/mol. The highest BCUT2D eigenvalue weighted by atomic mass is 28.4. The highest BCUT2D eigenvalue weighted by molar-refractivity contribution is 6.71. The second-order valence-corrected chi connectivity index (χ2v) is 18.4. The van der Waals surface area contributed by atoms with Crippen LogP contribution < -0.4 is 14.7 Å². The third-order valence-corrected chi connectivity index (χ3v) is 13.4. The summed E-state index contributed by atoms with van der Waals surface area (Å²) in [6.07, 6.45) is 0.133. The average Bonchev–Trinajstić information content (AvgIpc) is 3.49. The number of benzene rings is 3. The minimum atomic E-state index is -3.07. The molecule has 4 amide bonds. The van der Waals surface area contributed by atoms with Crippen LogP contribution in [0, 0.1) is 5.92 Å². The number of β-lactam (4-membered cyclic amide) rings is 2. The van der Waals surface area contributed by atoms with E-state index >= 15 is 4.79 Å². The lowest BCUT2D eigenvalue weighted by molar-refractivity contribution is -0.150. The Balaban J connectivity index is 1.25. The molecule has 0 unspecified atom stereocenters. The maximum Gasteiger partial charge on any atom is 0.264 e. The minimum Gasteiger partial charge on any atom is -0.432 e. The smallest absolute Gasteiger partial charge is 0.264 e. The second kappa shape index (κ2) is 13.1. The summed E-state index contributed by atoms with van der Waals surface area (Å²) in [6.45, 7) is 7.26. The molecule has 50 heavy (non-hydrogen) atoms. The van der Waals surface area contributed by atoms with Crippen molar-refractivity contribution in [3.8, 4) is 0 Å². The molecule has 0 aliphatic carbocycles. The Hall–Kier alpha value is -4.36. The lowest BCUT2D eigenvalue weighted by Crippen LogP contribution is -2.46. The number of fused-ring (bicyclic) bond motifs is 2. The Labute approximate surface area is 293 Å². The molecule has 0 saturated carbocycles. The number of anilines is 3. The van der Waals surface area contributed by atoms with Gasteiger partial charge in [0.05, 0.1) is 31.4 Å². The number of amides is 4. The van der Waals surface area contributed by atoms with Gasteiger partial charge in [0.2, 0.25) is 17.7 Å². The zero-order valence-corrected chi connectivity index (χ0v) is 29.7. The fourth-order valence-electron chi connectivity index (χ4n) is 8.29. The molecule has 4 aliphatic rings. The largest absolute Gasteiger partial charge is 0.432 e. The molecule has 4 heterocycles. The van der Waals surface area contributed by atoms with E-state index < -0.39 is 31.5 Å². The molecular weight excluding hydrogens is 653 g/mol. The third-order valence-electron chi connectivity index (χ3n) is 10.9. The van der Waals surface area contributed by atoms with Crippen LogP contribution >= 0.6 is 0 Å². The first-order valence-electron chi connectivity index (χ1n) is 17.4. The molecule has 3 fully saturated rings. The zero-order valence-electron chi connectivity index (χ0n) is 28.7. The van der Waals surface area contributed by atoms with Crippen LogP contribution in [-0.2, 0) is 42.6 Å². The van der Waals surface area contributed by atoms with Gasteiger partial charge in [-0.1, -0.05) is 49.4 Å². The van der Waals surface area contributed by atoms with Gasteiger partial charge in [0.15, 0.2) is 13.9 Å². The van der Waals surface area contributed by atoms with Gasteiger partial charge in [-0.3, -0.25) is 19.2 Å². The van der Waals surface area contributed by atoms with Gasteiger partial charge in [-0.2, -0.15) is 0 Å². The third kappa shape index (κ3) is 5.83. The van der Waals surface area contributed by atoms with Crippen molar-refractivity contribution in [1.29, 1.82) is 0 Å². The SMILES string of the molecule is C[C@H]1[C@H]([Si](C)(C)O)[C@@H](CC(=O)N(CCO)Cc2ccccc2)O[C@]12C(=O)N(Cc1cccc(N3CCC3=O)c1)c1ccc(N3CCC3=O)cc12. The molecule has 0 radical (unpaired) electrons. The molecule has 12 heteroatoms. The van der Waals surface area contributed by atoms with E-state index in [2.05, 4.69) is 0 Å². The molecule has 3 aromatic rings. The Morgan fingerprint density at radius 3 is 2.18 bits per heavy atom. The molecule has 2 N–H and O–H groups in total. The Morgan fingerprint density at radius 2 is 1.58 bits per heavy atom. The zero-order chi connectivity index (χ0) is 35.4. The highest BCUT2D eigenvalue weighted by Gasteiger charge is 2.66. The average molecular weight is 697 g/mol. The van der Waals surface area contributed by atoms with Crippen LogP contribution in [-0.4, -0.2) is 79.1 Å². The number of aliphatic hydroxyl groups excluding tert-OH is 1. The second-order valence-electron chi connectivity index (χ2n) is 14.4. The summed E-state index contributed by atoms with van der Waals surface area (Å²) in [5.41, 5.74) is 2.51. The van der Waals surface area contributed by atoms with Gasteiger partial charge in [0, 0.05) is 67.4 Å². The Bertz CT molecular complexity index is 1830. The molecule has 11 nitrogen and oxygen atoms in total. The van der Waals surface area contributed by atoms with Crippen molar-refractivity contribution in [2.45, 2.75) is 69.6 Å². The molecular formula is C38H44N4O7Si. The van der Waals surface area contributed by atoms with Crippen molar-refractivity contribution >= 4 is 49.0 Å². The van der Waals surface area contributed by atoms with Gasteiger partial charge < -0.3 is 34.2 Å². The van der Waals surface area contributed by atoms with Crippen molar-refractivity contribution < 1.29 is 33.8 Å². The number of carbonyl (C=O) groups is 4. The number of ether oxygens (including phenoxy) is 1. The number of hydrogen-bond donors (Lipinski definition) is 2. The summed E-state index contributed by atoms with van der Waals surface area (Å²) < 4.78 is 6.95. The van der Waals surface area contributed by atoms with E-state index in [9.17, 15) is 24.3 Å². The molecule has 1 spiro atoms. The Morgan fingerprint density at radius 1 is 0.920 bits per heavy atom. The first kappa shape index (κ1) is 34.1. The molecule has 3 saturated heterocycles. The van der Waals surface area contributed by atoms with Gasteiger partial charge in [-0.25, -0.2) is 0 Å². The van der Waals surface area contributed by atoms with Crippen LogP contribution in [0.2, 0.25) is 18.6 Å². The van der Waals surface area contributed by atoms with Gasteiger partial charge >= 0.3 is 0 Å². The number of aliphatic hydroxyl groups is 1. The molecule has 262 valence electrons. The summed E-state index contributed by atoms with van der Waals surface area (Å²) in [6, 6.07) is 22.8. The van der Waals surface area contributed by atoms with Crippen LogP contribution in [0.1, 0.15) is 42.9 Å². The van der Waals surface area contributed by atoms with E-state index in [-0.39, 0.29) is 49.7 Å². The van der Waals surface area contributed by atoms with Crippen molar-refractivity contribution in [2.75, 3.05) is 40.9 Å². The number of nitrogens with zero attached hydrogens (tertiary/aromatic N) is 4. The number of rotatable bonds is 11. The van der Waals surface area contributed by atoms with Crippen molar-refractivity contribution in [2.24, 2.45) is 5.92 Å².